The number of hydrazine groups is 1. The molecule has 6 nitrogen and oxygen atoms in total. The molecule has 9 heteroatoms. The van der Waals surface area contributed by atoms with E-state index in [0.717, 1.165) is 11.6 Å². The minimum absolute atomic E-state index is 0.0274. The number of hydrogen-bond donors (Lipinski definition) is 2. The standard InChI is InChI=1S/C18H20F2N2O4S/c1-18(2,3)12-4-7-14(8-5-12)26-11-17(23)21-22-27(24,25)16-10-13(19)6-9-15(16)20/h4-10,22H,11H2,1-3H3,(H,21,23). The number of hydrogen-bond acceptors (Lipinski definition) is 4. The number of carbonyl (C=O) groups is 1. The topological polar surface area (TPSA) is 84.5 Å². The van der Waals surface area contributed by atoms with E-state index in [0.29, 0.717) is 17.9 Å². The normalized spacial score (nSPS) is 11.9. The van der Waals surface area contributed by atoms with Crippen LogP contribution in [-0.2, 0) is 20.2 Å². The summed E-state index contributed by atoms with van der Waals surface area (Å²) in [6.07, 6.45) is 0. The maximum absolute atomic E-state index is 13.6. The van der Waals surface area contributed by atoms with Crippen molar-refractivity contribution >= 4 is 15.9 Å². The largest absolute Gasteiger partial charge is 0.484 e. The summed E-state index contributed by atoms with van der Waals surface area (Å²) in [5.41, 5.74) is 2.94. The lowest BCUT2D eigenvalue weighted by Gasteiger charge is -2.19. The van der Waals surface area contributed by atoms with Gasteiger partial charge in [-0.3, -0.25) is 10.2 Å². The van der Waals surface area contributed by atoms with Crippen LogP contribution in [0.2, 0.25) is 0 Å². The first-order valence-electron chi connectivity index (χ1n) is 7.98. The van der Waals surface area contributed by atoms with Gasteiger partial charge in [-0.1, -0.05) is 32.9 Å². The lowest BCUT2D eigenvalue weighted by Crippen LogP contribution is -2.44. The minimum atomic E-state index is -4.47. The lowest BCUT2D eigenvalue weighted by atomic mass is 9.87. The van der Waals surface area contributed by atoms with Gasteiger partial charge < -0.3 is 4.74 Å². The Hall–Kier alpha value is -2.52. The molecule has 2 aromatic carbocycles. The molecule has 0 saturated heterocycles. The van der Waals surface area contributed by atoms with Gasteiger partial charge in [0.25, 0.3) is 15.9 Å². The molecule has 2 rings (SSSR count). The zero-order chi connectivity index (χ0) is 20.2. The van der Waals surface area contributed by atoms with Gasteiger partial charge in [0.05, 0.1) is 0 Å². The van der Waals surface area contributed by atoms with Gasteiger partial charge in [0, 0.05) is 0 Å². The molecule has 0 unspecified atom stereocenters. The Labute approximate surface area is 156 Å². The molecule has 0 aromatic heterocycles. The first kappa shape index (κ1) is 20.8. The van der Waals surface area contributed by atoms with E-state index in [4.69, 9.17) is 4.74 Å². The highest BCUT2D eigenvalue weighted by molar-refractivity contribution is 7.89. The number of amides is 1. The van der Waals surface area contributed by atoms with Crippen LogP contribution in [0.1, 0.15) is 26.3 Å². The van der Waals surface area contributed by atoms with Crippen LogP contribution in [0, 0.1) is 11.6 Å². The fourth-order valence-corrected chi connectivity index (χ4v) is 3.05. The molecule has 0 fully saturated rings. The van der Waals surface area contributed by atoms with Crippen LogP contribution in [0.15, 0.2) is 47.4 Å². The van der Waals surface area contributed by atoms with Crippen molar-refractivity contribution in [2.24, 2.45) is 0 Å². The molecule has 0 aliphatic carbocycles. The molecular formula is C18H20F2N2O4S. The summed E-state index contributed by atoms with van der Waals surface area (Å²) in [7, 11) is -4.47. The summed E-state index contributed by atoms with van der Waals surface area (Å²) in [6.45, 7) is 5.71. The number of carbonyl (C=O) groups excluding carboxylic acids is 1. The van der Waals surface area contributed by atoms with Crippen LogP contribution in [0.3, 0.4) is 0 Å². The number of nitrogens with one attached hydrogen (secondary N) is 2. The molecule has 0 saturated carbocycles. The van der Waals surface area contributed by atoms with E-state index in [-0.39, 0.29) is 5.41 Å². The molecule has 2 aromatic rings. The molecule has 2 N–H and O–H groups in total. The second-order valence-electron chi connectivity index (χ2n) is 6.79. The maximum atomic E-state index is 13.6. The third-order valence-corrected chi connectivity index (χ3v) is 4.86. The van der Waals surface area contributed by atoms with Crippen LogP contribution in [0.4, 0.5) is 8.78 Å². The molecule has 0 spiro atoms. The van der Waals surface area contributed by atoms with Crippen molar-refractivity contribution in [3.05, 3.63) is 59.7 Å². The Bertz CT molecular complexity index is 923. The highest BCUT2D eigenvalue weighted by atomic mass is 32.2. The van der Waals surface area contributed by atoms with Gasteiger partial charge in [-0.2, -0.15) is 0 Å². The number of benzene rings is 2. The maximum Gasteiger partial charge on any atom is 0.272 e. The second kappa shape index (κ2) is 8.01. The lowest BCUT2D eigenvalue weighted by molar-refractivity contribution is -0.123. The van der Waals surface area contributed by atoms with E-state index in [9.17, 15) is 22.0 Å². The predicted molar refractivity (Wildman–Crippen MR) is 95.5 cm³/mol. The highest BCUT2D eigenvalue weighted by Crippen LogP contribution is 2.24. The number of sulfonamides is 1. The first-order chi connectivity index (χ1) is 12.5. The number of halogens is 2. The molecule has 0 radical (unpaired) electrons. The van der Waals surface area contributed by atoms with Crippen LogP contribution in [0.25, 0.3) is 0 Å². The first-order valence-corrected chi connectivity index (χ1v) is 9.46. The van der Waals surface area contributed by atoms with Gasteiger partial charge in [0.15, 0.2) is 6.61 Å². The van der Waals surface area contributed by atoms with Gasteiger partial charge in [0.1, 0.15) is 22.3 Å². The fraction of sp³-hybridized carbons (Fsp3) is 0.278. The van der Waals surface area contributed by atoms with Crippen molar-refractivity contribution in [1.29, 1.82) is 0 Å². The summed E-state index contributed by atoms with van der Waals surface area (Å²) in [4.78, 5) is 12.5. The van der Waals surface area contributed by atoms with Crippen molar-refractivity contribution < 1.29 is 26.7 Å². The van der Waals surface area contributed by atoms with Crippen molar-refractivity contribution in [3.63, 3.8) is 0 Å². The van der Waals surface area contributed by atoms with Crippen molar-refractivity contribution in [1.82, 2.24) is 10.3 Å². The van der Waals surface area contributed by atoms with Crippen molar-refractivity contribution in [2.45, 2.75) is 31.1 Å². The Morgan fingerprint density at radius 3 is 2.30 bits per heavy atom. The molecule has 0 atom stereocenters. The highest BCUT2D eigenvalue weighted by Gasteiger charge is 2.21. The van der Waals surface area contributed by atoms with E-state index in [2.05, 4.69) is 20.8 Å². The number of ether oxygens (including phenoxy) is 1. The molecule has 27 heavy (non-hydrogen) atoms. The molecule has 0 bridgehead atoms. The van der Waals surface area contributed by atoms with E-state index in [1.165, 1.54) is 0 Å². The fourth-order valence-electron chi connectivity index (χ4n) is 2.10. The molecule has 146 valence electrons. The Morgan fingerprint density at radius 2 is 1.70 bits per heavy atom. The third-order valence-electron chi connectivity index (χ3n) is 3.60. The van der Waals surface area contributed by atoms with E-state index in [1.54, 1.807) is 17.0 Å². The van der Waals surface area contributed by atoms with Gasteiger partial charge in [0.2, 0.25) is 0 Å². The zero-order valence-corrected chi connectivity index (χ0v) is 15.9. The van der Waals surface area contributed by atoms with Crippen LogP contribution in [-0.4, -0.2) is 20.9 Å². The van der Waals surface area contributed by atoms with E-state index in [1.807, 2.05) is 17.6 Å². The SMILES string of the molecule is CC(C)(C)c1ccc(OCC(=O)NNS(=O)(=O)c2cc(F)ccc2F)cc1. The van der Waals surface area contributed by atoms with Gasteiger partial charge in [-0.05, 0) is 41.3 Å². The Balaban J connectivity index is 1.91. The summed E-state index contributed by atoms with van der Waals surface area (Å²) in [5.74, 6) is -2.45. The third kappa shape index (κ3) is 5.73. The summed E-state index contributed by atoms with van der Waals surface area (Å²) >= 11 is 0. The van der Waals surface area contributed by atoms with Gasteiger partial charge >= 0.3 is 0 Å². The van der Waals surface area contributed by atoms with Gasteiger partial charge in [-0.15, -0.1) is 4.83 Å². The zero-order valence-electron chi connectivity index (χ0n) is 15.0. The summed E-state index contributed by atoms with van der Waals surface area (Å²) < 4.78 is 55.8. The predicted octanol–water partition coefficient (Wildman–Crippen LogP) is 2.65. The van der Waals surface area contributed by atoms with E-state index >= 15 is 0 Å². The number of rotatable bonds is 6. The van der Waals surface area contributed by atoms with Crippen LogP contribution in [0.5, 0.6) is 5.75 Å². The molecule has 0 aliphatic rings. The average Bonchev–Trinajstić information content (AvgIpc) is 2.60. The quantitative estimate of drug-likeness (QED) is 0.733. The van der Waals surface area contributed by atoms with Crippen molar-refractivity contribution in [2.75, 3.05) is 6.61 Å². The van der Waals surface area contributed by atoms with Crippen LogP contribution < -0.4 is 15.0 Å². The van der Waals surface area contributed by atoms with Crippen LogP contribution >= 0.6 is 0 Å². The average molecular weight is 398 g/mol. The Morgan fingerprint density at radius 1 is 1.07 bits per heavy atom. The van der Waals surface area contributed by atoms with Gasteiger partial charge in [-0.25, -0.2) is 17.2 Å². The molecule has 0 aliphatic heterocycles. The monoisotopic (exact) mass is 398 g/mol. The second-order valence-corrected chi connectivity index (χ2v) is 8.44. The smallest absolute Gasteiger partial charge is 0.272 e. The summed E-state index contributed by atoms with van der Waals surface area (Å²) in [5, 5.41) is 0. The molecule has 0 heterocycles. The minimum Gasteiger partial charge on any atom is -0.484 e. The molecular weight excluding hydrogens is 378 g/mol. The summed E-state index contributed by atoms with van der Waals surface area (Å²) in [6, 6.07) is 9.09. The van der Waals surface area contributed by atoms with E-state index < -0.39 is 39.1 Å². The van der Waals surface area contributed by atoms with Crippen molar-refractivity contribution in [3.8, 4) is 5.75 Å². The Kier molecular flexibility index (Phi) is 6.17. The molecule has 1 amide bonds.